The number of imide groups is 1. The van der Waals surface area contributed by atoms with Gasteiger partial charge in [-0.05, 0) is 54.4 Å². The SMILES string of the molecule is CCOc1cc([C@@H]2[C@@H]3C(=O)N(c4ccc(F)cc4)C(=O)[C@@H]3ON2C)ccc1OCc1ccccc1. The zero-order valence-electron chi connectivity index (χ0n) is 19.4. The fraction of sp³-hybridized carbons (Fsp3) is 0.259. The van der Waals surface area contributed by atoms with Gasteiger partial charge in [0.15, 0.2) is 17.6 Å². The van der Waals surface area contributed by atoms with E-state index in [1.165, 1.54) is 24.3 Å². The van der Waals surface area contributed by atoms with Crippen LogP contribution in [0.3, 0.4) is 0 Å². The van der Waals surface area contributed by atoms with Crippen LogP contribution in [0.2, 0.25) is 0 Å². The molecular formula is C27H25FN2O5. The van der Waals surface area contributed by atoms with Crippen molar-refractivity contribution in [1.29, 1.82) is 0 Å². The highest BCUT2D eigenvalue weighted by Crippen LogP contribution is 2.46. The van der Waals surface area contributed by atoms with E-state index < -0.39 is 29.8 Å². The molecule has 2 fully saturated rings. The van der Waals surface area contributed by atoms with Crippen molar-refractivity contribution >= 4 is 17.5 Å². The van der Waals surface area contributed by atoms with Crippen LogP contribution < -0.4 is 14.4 Å². The van der Waals surface area contributed by atoms with Gasteiger partial charge in [0, 0.05) is 7.05 Å². The Bertz CT molecular complexity index is 1230. The predicted octanol–water partition coefficient (Wildman–Crippen LogP) is 4.28. The summed E-state index contributed by atoms with van der Waals surface area (Å²) in [6.07, 6.45) is -0.952. The number of amides is 2. The van der Waals surface area contributed by atoms with Gasteiger partial charge in [-0.25, -0.2) is 9.29 Å². The molecule has 2 amide bonds. The molecule has 35 heavy (non-hydrogen) atoms. The Balaban J connectivity index is 1.42. The van der Waals surface area contributed by atoms with Crippen LogP contribution in [-0.2, 0) is 21.0 Å². The second-order valence-electron chi connectivity index (χ2n) is 8.44. The summed E-state index contributed by atoms with van der Waals surface area (Å²) in [5.74, 6) is -0.913. The number of halogens is 1. The Morgan fingerprint density at radius 2 is 1.66 bits per heavy atom. The fourth-order valence-electron chi connectivity index (χ4n) is 4.64. The Morgan fingerprint density at radius 3 is 2.37 bits per heavy atom. The van der Waals surface area contributed by atoms with Crippen molar-refractivity contribution in [3.05, 3.63) is 89.7 Å². The fourth-order valence-corrected chi connectivity index (χ4v) is 4.64. The highest BCUT2D eigenvalue weighted by Gasteiger charge is 2.59. The van der Waals surface area contributed by atoms with Crippen molar-refractivity contribution < 1.29 is 28.3 Å². The van der Waals surface area contributed by atoms with E-state index >= 15 is 0 Å². The number of hydrogen-bond donors (Lipinski definition) is 0. The van der Waals surface area contributed by atoms with Crippen molar-refractivity contribution in [1.82, 2.24) is 5.06 Å². The average molecular weight is 477 g/mol. The minimum atomic E-state index is -0.952. The molecule has 0 N–H and O–H groups in total. The maximum Gasteiger partial charge on any atom is 0.265 e. The highest BCUT2D eigenvalue weighted by atomic mass is 19.1. The molecule has 5 rings (SSSR count). The molecule has 0 spiro atoms. The maximum absolute atomic E-state index is 13.4. The van der Waals surface area contributed by atoms with E-state index in [2.05, 4.69) is 0 Å². The molecular weight excluding hydrogens is 451 g/mol. The van der Waals surface area contributed by atoms with Gasteiger partial charge < -0.3 is 9.47 Å². The van der Waals surface area contributed by atoms with Crippen LogP contribution in [-0.4, -0.2) is 36.6 Å². The molecule has 2 aliphatic heterocycles. The summed E-state index contributed by atoms with van der Waals surface area (Å²) in [6.45, 7) is 2.70. The number of anilines is 1. The van der Waals surface area contributed by atoms with Gasteiger partial charge in [0.05, 0.1) is 24.3 Å². The van der Waals surface area contributed by atoms with Gasteiger partial charge in [-0.15, -0.1) is 0 Å². The Labute approximate surface area is 202 Å². The van der Waals surface area contributed by atoms with Crippen LogP contribution >= 0.6 is 0 Å². The zero-order chi connectivity index (χ0) is 24.5. The lowest BCUT2D eigenvalue weighted by atomic mass is 9.91. The van der Waals surface area contributed by atoms with E-state index in [-0.39, 0.29) is 5.91 Å². The number of hydrogen-bond acceptors (Lipinski definition) is 6. The molecule has 3 aromatic carbocycles. The van der Waals surface area contributed by atoms with Crippen molar-refractivity contribution in [3.63, 3.8) is 0 Å². The van der Waals surface area contributed by atoms with Gasteiger partial charge in [0.25, 0.3) is 5.91 Å². The number of fused-ring (bicyclic) bond motifs is 1. The molecule has 8 heteroatoms. The number of nitrogens with zero attached hydrogens (tertiary/aromatic N) is 2. The second-order valence-corrected chi connectivity index (χ2v) is 8.44. The van der Waals surface area contributed by atoms with Crippen LogP contribution in [0.5, 0.6) is 11.5 Å². The Morgan fingerprint density at radius 1 is 0.914 bits per heavy atom. The lowest BCUT2D eigenvalue weighted by Crippen LogP contribution is -2.36. The Kier molecular flexibility index (Phi) is 6.23. The quantitative estimate of drug-likeness (QED) is 0.474. The first-order valence-corrected chi connectivity index (χ1v) is 11.4. The van der Waals surface area contributed by atoms with Gasteiger partial charge in [0.2, 0.25) is 5.91 Å². The van der Waals surface area contributed by atoms with Gasteiger partial charge in [0.1, 0.15) is 12.4 Å². The van der Waals surface area contributed by atoms with Gasteiger partial charge in [-0.2, -0.15) is 5.06 Å². The molecule has 0 bridgehead atoms. The van der Waals surface area contributed by atoms with E-state index in [1.807, 2.05) is 55.5 Å². The third kappa shape index (κ3) is 4.26. The molecule has 3 atom stereocenters. The third-order valence-corrected chi connectivity index (χ3v) is 6.24. The molecule has 0 aromatic heterocycles. The zero-order valence-corrected chi connectivity index (χ0v) is 19.4. The lowest BCUT2D eigenvalue weighted by Gasteiger charge is -2.25. The molecule has 0 radical (unpaired) electrons. The van der Waals surface area contributed by atoms with Crippen LogP contribution in [0.4, 0.5) is 10.1 Å². The maximum atomic E-state index is 13.4. The first-order valence-electron chi connectivity index (χ1n) is 11.4. The summed E-state index contributed by atoms with van der Waals surface area (Å²) in [7, 11) is 1.70. The topological polar surface area (TPSA) is 68.3 Å². The summed E-state index contributed by atoms with van der Waals surface area (Å²) in [5.41, 5.74) is 2.11. The summed E-state index contributed by atoms with van der Waals surface area (Å²) in [4.78, 5) is 33.4. The van der Waals surface area contributed by atoms with E-state index in [9.17, 15) is 14.0 Å². The molecule has 0 unspecified atom stereocenters. The molecule has 2 heterocycles. The molecule has 0 aliphatic carbocycles. The van der Waals surface area contributed by atoms with Crippen LogP contribution in [0.1, 0.15) is 24.1 Å². The highest BCUT2D eigenvalue weighted by molar-refractivity contribution is 6.23. The molecule has 7 nitrogen and oxygen atoms in total. The van der Waals surface area contributed by atoms with E-state index in [0.717, 1.165) is 16.0 Å². The number of ether oxygens (including phenoxy) is 2. The molecule has 0 saturated carbocycles. The number of hydroxylamine groups is 2. The Hall–Kier alpha value is -3.75. The van der Waals surface area contributed by atoms with Crippen molar-refractivity contribution in [2.24, 2.45) is 5.92 Å². The summed E-state index contributed by atoms with van der Waals surface area (Å²) >= 11 is 0. The van der Waals surface area contributed by atoms with Crippen LogP contribution in [0, 0.1) is 11.7 Å². The standard InChI is InChI=1S/C27H25FN2O5/c1-3-33-22-15-18(9-14-21(22)34-16-17-7-5-4-6-8-17)24-23-25(35-29(24)2)27(32)30(26(23)31)20-12-10-19(28)11-13-20/h4-15,23-25H,3,16H2,1-2H3/t23-,24+,25+/m0/s1. The average Bonchev–Trinajstić information content (AvgIpc) is 3.33. The monoisotopic (exact) mass is 476 g/mol. The smallest absolute Gasteiger partial charge is 0.265 e. The minimum Gasteiger partial charge on any atom is -0.490 e. The van der Waals surface area contributed by atoms with Crippen LogP contribution in [0.15, 0.2) is 72.8 Å². The van der Waals surface area contributed by atoms with Gasteiger partial charge >= 0.3 is 0 Å². The molecule has 180 valence electrons. The first kappa shape index (κ1) is 23.0. The number of rotatable bonds is 7. The number of carbonyl (C=O) groups excluding carboxylic acids is 2. The largest absolute Gasteiger partial charge is 0.490 e. The lowest BCUT2D eigenvalue weighted by molar-refractivity contribution is -0.160. The molecule has 2 saturated heterocycles. The minimum absolute atomic E-state index is 0.320. The van der Waals surface area contributed by atoms with Crippen molar-refractivity contribution in [2.75, 3.05) is 18.6 Å². The number of carbonyl (C=O) groups is 2. The third-order valence-electron chi connectivity index (χ3n) is 6.24. The second kappa shape index (κ2) is 9.48. The molecule has 2 aliphatic rings. The summed E-state index contributed by atoms with van der Waals surface area (Å²) in [5, 5.41) is 1.54. The van der Waals surface area contributed by atoms with E-state index in [0.29, 0.717) is 30.4 Å². The normalized spacial score (nSPS) is 21.9. The van der Waals surface area contributed by atoms with E-state index in [4.69, 9.17) is 14.3 Å². The van der Waals surface area contributed by atoms with Crippen molar-refractivity contribution in [2.45, 2.75) is 25.7 Å². The first-order chi connectivity index (χ1) is 17.0. The van der Waals surface area contributed by atoms with E-state index in [1.54, 1.807) is 12.1 Å². The summed E-state index contributed by atoms with van der Waals surface area (Å²) < 4.78 is 25.2. The predicted molar refractivity (Wildman–Crippen MR) is 126 cm³/mol. The van der Waals surface area contributed by atoms with Crippen molar-refractivity contribution in [3.8, 4) is 11.5 Å². The molecule has 3 aromatic rings. The van der Waals surface area contributed by atoms with Gasteiger partial charge in [-0.3, -0.25) is 14.4 Å². The van der Waals surface area contributed by atoms with Crippen LogP contribution in [0.25, 0.3) is 0 Å². The number of benzene rings is 3. The summed E-state index contributed by atoms with van der Waals surface area (Å²) in [6, 6.07) is 20.1. The van der Waals surface area contributed by atoms with Gasteiger partial charge in [-0.1, -0.05) is 36.4 Å².